The molecule has 1 unspecified atom stereocenters. The number of hydrogen-bond donors (Lipinski definition) is 2. The number of nitrogens with one attached hydrogen (secondary N) is 2. The third-order valence-corrected chi connectivity index (χ3v) is 5.15. The molecule has 0 spiro atoms. The van der Waals surface area contributed by atoms with Crippen molar-refractivity contribution in [1.29, 1.82) is 0 Å². The van der Waals surface area contributed by atoms with Crippen molar-refractivity contribution in [3.8, 4) is 11.6 Å². The van der Waals surface area contributed by atoms with E-state index >= 15 is 0 Å². The molecule has 0 amide bonds. The molecular formula is C24H27FIN5O. The second-order valence-corrected chi connectivity index (χ2v) is 7.40. The van der Waals surface area contributed by atoms with Crippen LogP contribution in [0.2, 0.25) is 0 Å². The van der Waals surface area contributed by atoms with Gasteiger partial charge in [-0.2, -0.15) is 0 Å². The zero-order chi connectivity index (χ0) is 21.5. The van der Waals surface area contributed by atoms with Gasteiger partial charge in [-0.25, -0.2) is 9.37 Å². The lowest BCUT2D eigenvalue weighted by atomic mass is 10.2. The van der Waals surface area contributed by atoms with Crippen molar-refractivity contribution in [2.24, 2.45) is 4.99 Å². The second-order valence-electron chi connectivity index (χ2n) is 7.40. The van der Waals surface area contributed by atoms with E-state index in [1.807, 2.05) is 12.1 Å². The molecular weight excluding hydrogens is 520 g/mol. The van der Waals surface area contributed by atoms with Crippen molar-refractivity contribution in [1.82, 2.24) is 15.6 Å². The van der Waals surface area contributed by atoms with E-state index in [1.165, 1.54) is 17.8 Å². The van der Waals surface area contributed by atoms with Gasteiger partial charge in [0.05, 0.1) is 0 Å². The van der Waals surface area contributed by atoms with Crippen molar-refractivity contribution in [2.75, 3.05) is 25.0 Å². The van der Waals surface area contributed by atoms with Gasteiger partial charge < -0.3 is 20.3 Å². The minimum absolute atomic E-state index is 0. The van der Waals surface area contributed by atoms with E-state index in [0.717, 1.165) is 31.0 Å². The van der Waals surface area contributed by atoms with Gasteiger partial charge in [-0.1, -0.05) is 30.3 Å². The molecule has 0 aliphatic carbocycles. The molecule has 0 saturated carbocycles. The first-order valence-electron chi connectivity index (χ1n) is 10.3. The molecule has 1 aliphatic heterocycles. The summed E-state index contributed by atoms with van der Waals surface area (Å²) in [5, 5.41) is 6.84. The number of hydrogen-bond acceptors (Lipinski definition) is 4. The monoisotopic (exact) mass is 547 g/mol. The molecule has 0 bridgehead atoms. The maximum atomic E-state index is 13.3. The SMILES string of the molecule is CN=C(NCc1ccc(Oc2cccc(F)c2)nc1)NC1CCN(c2ccccc2)C1.I. The lowest BCUT2D eigenvalue weighted by Crippen LogP contribution is -2.44. The van der Waals surface area contributed by atoms with E-state index in [4.69, 9.17) is 4.74 Å². The average Bonchev–Trinajstić information content (AvgIpc) is 3.27. The van der Waals surface area contributed by atoms with E-state index in [9.17, 15) is 4.39 Å². The van der Waals surface area contributed by atoms with Crippen LogP contribution in [-0.4, -0.2) is 37.1 Å². The van der Waals surface area contributed by atoms with Crippen LogP contribution in [0, 0.1) is 5.82 Å². The zero-order valence-corrected chi connectivity index (χ0v) is 20.2. The third kappa shape index (κ3) is 6.56. The number of aliphatic imine (C=N–C) groups is 1. The standard InChI is InChI=1S/C24H26FN5O.HI/c1-26-24(29-20-12-13-30(17-20)21-7-3-2-4-8-21)28-16-18-10-11-23(27-15-18)31-22-9-5-6-19(25)14-22;/h2-11,14-15,20H,12-13,16-17H2,1H3,(H2,26,28,29);1H. The molecule has 2 heterocycles. The number of ether oxygens (including phenoxy) is 1. The highest BCUT2D eigenvalue weighted by atomic mass is 127. The fourth-order valence-electron chi connectivity index (χ4n) is 3.55. The van der Waals surface area contributed by atoms with Crippen molar-refractivity contribution in [3.63, 3.8) is 0 Å². The number of halogens is 2. The van der Waals surface area contributed by atoms with Gasteiger partial charge >= 0.3 is 0 Å². The van der Waals surface area contributed by atoms with Gasteiger partial charge in [0.25, 0.3) is 0 Å². The Labute approximate surface area is 204 Å². The normalized spacial score (nSPS) is 15.8. The molecule has 32 heavy (non-hydrogen) atoms. The first-order valence-corrected chi connectivity index (χ1v) is 10.3. The minimum Gasteiger partial charge on any atom is -0.439 e. The van der Waals surface area contributed by atoms with Crippen molar-refractivity contribution in [3.05, 3.63) is 84.3 Å². The number of rotatable bonds is 6. The third-order valence-electron chi connectivity index (χ3n) is 5.15. The van der Waals surface area contributed by atoms with E-state index in [2.05, 4.69) is 49.8 Å². The number of para-hydroxylation sites is 1. The lowest BCUT2D eigenvalue weighted by Gasteiger charge is -2.20. The van der Waals surface area contributed by atoms with Gasteiger partial charge in [0.15, 0.2) is 5.96 Å². The molecule has 1 fully saturated rings. The van der Waals surface area contributed by atoms with Crippen LogP contribution in [0.5, 0.6) is 11.6 Å². The highest BCUT2D eigenvalue weighted by Gasteiger charge is 2.23. The molecule has 2 aromatic carbocycles. The number of nitrogens with zero attached hydrogens (tertiary/aromatic N) is 3. The van der Waals surface area contributed by atoms with Crippen LogP contribution < -0.4 is 20.3 Å². The number of pyridine rings is 1. The molecule has 6 nitrogen and oxygen atoms in total. The molecule has 8 heteroatoms. The Morgan fingerprint density at radius 3 is 2.72 bits per heavy atom. The highest BCUT2D eigenvalue weighted by molar-refractivity contribution is 14.0. The summed E-state index contributed by atoms with van der Waals surface area (Å²) in [5.41, 5.74) is 2.24. The molecule has 168 valence electrons. The van der Waals surface area contributed by atoms with Crippen LogP contribution in [0.15, 0.2) is 77.9 Å². The lowest BCUT2D eigenvalue weighted by molar-refractivity contribution is 0.457. The minimum atomic E-state index is -0.341. The molecule has 1 aliphatic rings. The summed E-state index contributed by atoms with van der Waals surface area (Å²) < 4.78 is 18.9. The summed E-state index contributed by atoms with van der Waals surface area (Å²) >= 11 is 0. The van der Waals surface area contributed by atoms with Gasteiger partial charge in [0, 0.05) is 56.7 Å². The Kier molecular flexibility index (Phi) is 8.66. The first-order chi connectivity index (χ1) is 15.2. The summed E-state index contributed by atoms with van der Waals surface area (Å²) in [7, 11) is 1.77. The Morgan fingerprint density at radius 2 is 2.00 bits per heavy atom. The fourth-order valence-corrected chi connectivity index (χ4v) is 3.55. The van der Waals surface area contributed by atoms with E-state index < -0.39 is 0 Å². The van der Waals surface area contributed by atoms with Crippen molar-refractivity contribution < 1.29 is 9.13 Å². The Hall–Kier alpha value is -2.88. The number of benzene rings is 2. The fraction of sp³-hybridized carbons (Fsp3) is 0.250. The van der Waals surface area contributed by atoms with Crippen LogP contribution >= 0.6 is 24.0 Å². The van der Waals surface area contributed by atoms with Crippen LogP contribution in [0.3, 0.4) is 0 Å². The van der Waals surface area contributed by atoms with E-state index in [1.54, 1.807) is 31.4 Å². The smallest absolute Gasteiger partial charge is 0.219 e. The average molecular weight is 547 g/mol. The molecule has 3 aromatic rings. The number of aromatic nitrogens is 1. The van der Waals surface area contributed by atoms with Gasteiger partial charge in [-0.05, 0) is 36.2 Å². The largest absolute Gasteiger partial charge is 0.439 e. The summed E-state index contributed by atoms with van der Waals surface area (Å²) in [6.45, 7) is 2.55. The van der Waals surface area contributed by atoms with Gasteiger partial charge in [-0.3, -0.25) is 4.99 Å². The Morgan fingerprint density at radius 1 is 1.16 bits per heavy atom. The summed E-state index contributed by atoms with van der Waals surface area (Å²) in [6.07, 6.45) is 2.80. The van der Waals surface area contributed by atoms with E-state index in [-0.39, 0.29) is 29.8 Å². The summed E-state index contributed by atoms with van der Waals surface area (Å²) in [5.74, 6) is 1.26. The topological polar surface area (TPSA) is 61.8 Å². The van der Waals surface area contributed by atoms with Gasteiger partial charge in [-0.15, -0.1) is 24.0 Å². The number of guanidine groups is 1. The van der Waals surface area contributed by atoms with Gasteiger partial charge in [0.1, 0.15) is 11.6 Å². The predicted octanol–water partition coefficient (Wildman–Crippen LogP) is 4.57. The Bertz CT molecular complexity index is 1020. The molecule has 0 radical (unpaired) electrons. The van der Waals surface area contributed by atoms with Crippen LogP contribution in [0.4, 0.5) is 10.1 Å². The maximum Gasteiger partial charge on any atom is 0.219 e. The molecule has 1 aromatic heterocycles. The molecule has 2 N–H and O–H groups in total. The Balaban J connectivity index is 0.00000289. The molecule has 1 saturated heterocycles. The van der Waals surface area contributed by atoms with Crippen molar-refractivity contribution >= 4 is 35.6 Å². The van der Waals surface area contributed by atoms with Crippen LogP contribution in [0.25, 0.3) is 0 Å². The quantitative estimate of drug-likeness (QED) is 0.269. The van der Waals surface area contributed by atoms with Crippen molar-refractivity contribution in [2.45, 2.75) is 19.0 Å². The molecule has 4 rings (SSSR count). The second kappa shape index (κ2) is 11.7. The maximum absolute atomic E-state index is 13.3. The van der Waals surface area contributed by atoms with E-state index in [0.29, 0.717) is 24.2 Å². The van der Waals surface area contributed by atoms with Crippen LogP contribution in [-0.2, 0) is 6.54 Å². The van der Waals surface area contributed by atoms with Gasteiger partial charge in [0.2, 0.25) is 5.88 Å². The predicted molar refractivity (Wildman–Crippen MR) is 137 cm³/mol. The first kappa shape index (κ1) is 23.8. The zero-order valence-electron chi connectivity index (χ0n) is 17.9. The summed E-state index contributed by atoms with van der Waals surface area (Å²) in [4.78, 5) is 11.0. The molecule has 1 atom stereocenters. The highest BCUT2D eigenvalue weighted by Crippen LogP contribution is 2.21. The van der Waals surface area contributed by atoms with Crippen LogP contribution in [0.1, 0.15) is 12.0 Å². The number of anilines is 1. The summed E-state index contributed by atoms with van der Waals surface area (Å²) in [6, 6.07) is 20.5.